The molecule has 2 rings (SSSR count). The Hall–Kier alpha value is -2.49. The van der Waals surface area contributed by atoms with Gasteiger partial charge < -0.3 is 5.32 Å². The Morgan fingerprint density at radius 3 is 2.47 bits per heavy atom. The summed E-state index contributed by atoms with van der Waals surface area (Å²) >= 11 is 0. The molecule has 0 unspecified atom stereocenters. The quantitative estimate of drug-likeness (QED) is 0.914. The first-order valence-electron chi connectivity index (χ1n) is 5.95. The van der Waals surface area contributed by atoms with Crippen molar-refractivity contribution in [3.05, 3.63) is 59.3 Å². The summed E-state index contributed by atoms with van der Waals surface area (Å²) in [6, 6.07) is 8.99. The van der Waals surface area contributed by atoms with Crippen LogP contribution in [0.1, 0.15) is 27.2 Å². The van der Waals surface area contributed by atoms with Gasteiger partial charge in [-0.2, -0.15) is 5.10 Å². The number of carbonyl (C=O) groups is 1. The molecule has 0 spiro atoms. The third kappa shape index (κ3) is 3.04. The number of nitrogens with zero attached hydrogens (tertiary/aromatic N) is 2. The Balaban J connectivity index is 2.15. The second-order valence-corrected chi connectivity index (χ2v) is 4.28. The number of carbonyl (C=O) groups excluding carboxylic acids is 1. The van der Waals surface area contributed by atoms with Crippen LogP contribution in [0.15, 0.2) is 36.9 Å². The van der Waals surface area contributed by atoms with Crippen molar-refractivity contribution < 1.29 is 4.79 Å². The van der Waals surface area contributed by atoms with E-state index in [1.165, 1.54) is 0 Å². The summed E-state index contributed by atoms with van der Waals surface area (Å²) in [5.74, 6) is 0.258. The average molecular weight is 253 g/mol. The first-order valence-corrected chi connectivity index (χ1v) is 5.95. The molecule has 0 aliphatic heterocycles. The van der Waals surface area contributed by atoms with E-state index in [0.717, 1.165) is 16.8 Å². The molecule has 96 valence electrons. The zero-order valence-electron chi connectivity index (χ0n) is 11.0. The number of benzene rings is 1. The van der Waals surface area contributed by atoms with Gasteiger partial charge in [0.05, 0.1) is 5.69 Å². The van der Waals surface area contributed by atoms with Crippen LogP contribution in [0.5, 0.6) is 0 Å². The first-order chi connectivity index (χ1) is 9.10. The highest BCUT2D eigenvalue weighted by molar-refractivity contribution is 6.03. The van der Waals surface area contributed by atoms with E-state index >= 15 is 0 Å². The van der Waals surface area contributed by atoms with Gasteiger partial charge in [-0.3, -0.25) is 4.79 Å². The minimum Gasteiger partial charge on any atom is -0.305 e. The number of nitrogens with one attached hydrogen (secondary N) is 1. The molecule has 0 aliphatic rings. The topological polar surface area (TPSA) is 54.9 Å². The maximum Gasteiger partial charge on any atom is 0.256 e. The van der Waals surface area contributed by atoms with Gasteiger partial charge in [-0.25, -0.2) is 0 Å². The SMILES string of the molecule is C=Cc1ccc(C(=O)Nc2cc(C)c(C)nn2)cc1. The summed E-state index contributed by atoms with van der Waals surface area (Å²) < 4.78 is 0. The molecule has 4 heteroatoms. The zero-order chi connectivity index (χ0) is 13.8. The van der Waals surface area contributed by atoms with Crippen LogP contribution in [0.2, 0.25) is 0 Å². The van der Waals surface area contributed by atoms with Gasteiger partial charge in [0.25, 0.3) is 5.91 Å². The van der Waals surface area contributed by atoms with Crippen LogP contribution in [-0.2, 0) is 0 Å². The molecule has 0 saturated heterocycles. The lowest BCUT2D eigenvalue weighted by atomic mass is 10.1. The van der Waals surface area contributed by atoms with E-state index < -0.39 is 0 Å². The molecule has 1 amide bonds. The highest BCUT2D eigenvalue weighted by Gasteiger charge is 2.07. The highest BCUT2D eigenvalue weighted by Crippen LogP contribution is 2.11. The van der Waals surface area contributed by atoms with E-state index in [1.54, 1.807) is 24.3 Å². The Labute approximate surface area is 112 Å². The summed E-state index contributed by atoms with van der Waals surface area (Å²) in [6.07, 6.45) is 1.73. The average Bonchev–Trinajstić information content (AvgIpc) is 2.43. The third-order valence-electron chi connectivity index (χ3n) is 2.88. The van der Waals surface area contributed by atoms with Crippen molar-refractivity contribution in [2.24, 2.45) is 0 Å². The normalized spacial score (nSPS) is 10.0. The fraction of sp³-hybridized carbons (Fsp3) is 0.133. The summed E-state index contributed by atoms with van der Waals surface area (Å²) in [5, 5.41) is 10.6. The number of amides is 1. The Bertz CT molecular complexity index is 618. The van der Waals surface area contributed by atoms with Crippen molar-refractivity contribution in [2.75, 3.05) is 5.32 Å². The number of rotatable bonds is 3. The van der Waals surface area contributed by atoms with E-state index in [0.29, 0.717) is 11.4 Å². The van der Waals surface area contributed by atoms with Gasteiger partial charge in [0.15, 0.2) is 5.82 Å². The summed E-state index contributed by atoms with van der Waals surface area (Å²) in [6.45, 7) is 7.48. The van der Waals surface area contributed by atoms with Crippen LogP contribution in [0.3, 0.4) is 0 Å². The summed E-state index contributed by atoms with van der Waals surface area (Å²) in [7, 11) is 0. The molecule has 1 N–H and O–H groups in total. The van der Waals surface area contributed by atoms with E-state index in [-0.39, 0.29) is 5.91 Å². The van der Waals surface area contributed by atoms with Crippen molar-refractivity contribution in [3.63, 3.8) is 0 Å². The minimum absolute atomic E-state index is 0.201. The van der Waals surface area contributed by atoms with Crippen LogP contribution in [0.4, 0.5) is 5.82 Å². The van der Waals surface area contributed by atoms with Crippen LogP contribution in [-0.4, -0.2) is 16.1 Å². The maximum atomic E-state index is 12.0. The zero-order valence-corrected chi connectivity index (χ0v) is 11.0. The number of anilines is 1. The first kappa shape index (κ1) is 13.0. The number of hydrogen-bond donors (Lipinski definition) is 1. The predicted octanol–water partition coefficient (Wildman–Crippen LogP) is 2.99. The van der Waals surface area contributed by atoms with Crippen molar-refractivity contribution in [2.45, 2.75) is 13.8 Å². The smallest absolute Gasteiger partial charge is 0.256 e. The molecule has 0 bridgehead atoms. The van der Waals surface area contributed by atoms with Gasteiger partial charge in [-0.05, 0) is 43.2 Å². The molecule has 1 aromatic heterocycles. The van der Waals surface area contributed by atoms with Gasteiger partial charge in [0.1, 0.15) is 0 Å². The monoisotopic (exact) mass is 253 g/mol. The third-order valence-corrected chi connectivity index (χ3v) is 2.88. The fourth-order valence-corrected chi connectivity index (χ4v) is 1.57. The largest absolute Gasteiger partial charge is 0.305 e. The second-order valence-electron chi connectivity index (χ2n) is 4.28. The molecular formula is C15H15N3O. The van der Waals surface area contributed by atoms with E-state index in [9.17, 15) is 4.79 Å². The molecule has 4 nitrogen and oxygen atoms in total. The molecule has 2 aromatic rings. The Kier molecular flexibility index (Phi) is 3.71. The van der Waals surface area contributed by atoms with E-state index in [2.05, 4.69) is 22.1 Å². The van der Waals surface area contributed by atoms with Crippen LogP contribution >= 0.6 is 0 Å². The lowest BCUT2D eigenvalue weighted by Crippen LogP contribution is -2.13. The standard InChI is InChI=1S/C15H15N3O/c1-4-12-5-7-13(8-6-12)15(19)16-14-9-10(2)11(3)17-18-14/h4-9H,1H2,2-3H3,(H,16,18,19). The van der Waals surface area contributed by atoms with E-state index in [4.69, 9.17) is 0 Å². The van der Waals surface area contributed by atoms with Crippen LogP contribution in [0.25, 0.3) is 6.08 Å². The van der Waals surface area contributed by atoms with Crippen molar-refractivity contribution >= 4 is 17.8 Å². The Morgan fingerprint density at radius 2 is 1.89 bits per heavy atom. The van der Waals surface area contributed by atoms with Gasteiger partial charge in [0, 0.05) is 5.56 Å². The molecule has 1 heterocycles. The molecule has 0 aliphatic carbocycles. The molecule has 0 radical (unpaired) electrons. The lowest BCUT2D eigenvalue weighted by Gasteiger charge is -2.06. The van der Waals surface area contributed by atoms with Crippen LogP contribution < -0.4 is 5.32 Å². The van der Waals surface area contributed by atoms with Gasteiger partial charge in [-0.1, -0.05) is 24.8 Å². The maximum absolute atomic E-state index is 12.0. The predicted molar refractivity (Wildman–Crippen MR) is 76.0 cm³/mol. The molecular weight excluding hydrogens is 238 g/mol. The number of aryl methyl sites for hydroxylation is 2. The van der Waals surface area contributed by atoms with Crippen LogP contribution in [0, 0.1) is 13.8 Å². The molecule has 1 aromatic carbocycles. The fourth-order valence-electron chi connectivity index (χ4n) is 1.57. The van der Waals surface area contributed by atoms with Gasteiger partial charge in [0.2, 0.25) is 0 Å². The number of aromatic nitrogens is 2. The minimum atomic E-state index is -0.201. The summed E-state index contributed by atoms with van der Waals surface area (Å²) in [5.41, 5.74) is 3.40. The molecule has 0 atom stereocenters. The molecule has 0 fully saturated rings. The van der Waals surface area contributed by atoms with Crippen molar-refractivity contribution in [3.8, 4) is 0 Å². The Morgan fingerprint density at radius 1 is 1.21 bits per heavy atom. The van der Waals surface area contributed by atoms with Gasteiger partial charge >= 0.3 is 0 Å². The van der Waals surface area contributed by atoms with Crippen molar-refractivity contribution in [1.29, 1.82) is 0 Å². The van der Waals surface area contributed by atoms with E-state index in [1.807, 2.05) is 26.0 Å². The second kappa shape index (κ2) is 5.44. The highest BCUT2D eigenvalue weighted by atomic mass is 16.1. The number of hydrogen-bond acceptors (Lipinski definition) is 3. The van der Waals surface area contributed by atoms with Crippen molar-refractivity contribution in [1.82, 2.24) is 10.2 Å². The molecule has 19 heavy (non-hydrogen) atoms. The lowest BCUT2D eigenvalue weighted by molar-refractivity contribution is 0.102. The summed E-state index contributed by atoms with van der Waals surface area (Å²) in [4.78, 5) is 12.0. The van der Waals surface area contributed by atoms with Gasteiger partial charge in [-0.15, -0.1) is 5.10 Å². The molecule has 0 saturated carbocycles.